The number of carbonyl (C=O) groups is 3. The Bertz CT molecular complexity index is 1230. The molecule has 0 aromatic heterocycles. The number of rotatable bonds is 10. The first-order valence-electron chi connectivity index (χ1n) is 10.8. The first-order chi connectivity index (χ1) is 17.4. The number of methoxy groups -OCH3 is 3. The molecule has 3 aromatic rings. The van der Waals surface area contributed by atoms with Crippen LogP contribution in [0.5, 0.6) is 17.2 Å². The number of carboxylic acids is 1. The second-order valence-corrected chi connectivity index (χ2v) is 7.49. The molecule has 0 saturated carbocycles. The van der Waals surface area contributed by atoms with Crippen LogP contribution < -0.4 is 24.8 Å². The van der Waals surface area contributed by atoms with Crippen LogP contribution in [0.2, 0.25) is 0 Å². The van der Waals surface area contributed by atoms with E-state index < -0.39 is 23.8 Å². The maximum atomic E-state index is 13.3. The Hall–Kier alpha value is -4.79. The van der Waals surface area contributed by atoms with Crippen molar-refractivity contribution in [2.24, 2.45) is 0 Å². The summed E-state index contributed by atoms with van der Waals surface area (Å²) in [6, 6.07) is 18.4. The van der Waals surface area contributed by atoms with Gasteiger partial charge in [-0.2, -0.15) is 0 Å². The predicted molar refractivity (Wildman–Crippen MR) is 133 cm³/mol. The van der Waals surface area contributed by atoms with Crippen LogP contribution in [0.1, 0.15) is 27.5 Å². The van der Waals surface area contributed by atoms with Crippen LogP contribution in [-0.4, -0.2) is 44.2 Å². The lowest BCUT2D eigenvalue weighted by Gasteiger charge is -2.17. The molecular weight excluding hydrogens is 464 g/mol. The zero-order chi connectivity index (χ0) is 26.1. The number of benzene rings is 3. The summed E-state index contributed by atoms with van der Waals surface area (Å²) in [5, 5.41) is 14.8. The molecule has 1 atom stereocenters. The van der Waals surface area contributed by atoms with Crippen LogP contribution >= 0.6 is 0 Å². The lowest BCUT2D eigenvalue weighted by Crippen LogP contribution is -2.39. The monoisotopic (exact) mass is 490 g/mol. The molecule has 0 spiro atoms. The zero-order valence-corrected chi connectivity index (χ0v) is 20.0. The largest absolute Gasteiger partial charge is 0.493 e. The van der Waals surface area contributed by atoms with E-state index >= 15 is 0 Å². The van der Waals surface area contributed by atoms with Crippen LogP contribution in [0.3, 0.4) is 0 Å². The summed E-state index contributed by atoms with van der Waals surface area (Å²) in [6.45, 7) is 0. The Morgan fingerprint density at radius 1 is 0.833 bits per heavy atom. The first-order valence-corrected chi connectivity index (χ1v) is 10.8. The zero-order valence-electron chi connectivity index (χ0n) is 20.0. The molecular formula is C27H26N2O7. The molecule has 36 heavy (non-hydrogen) atoms. The Morgan fingerprint density at radius 3 is 1.89 bits per heavy atom. The van der Waals surface area contributed by atoms with Gasteiger partial charge >= 0.3 is 5.97 Å². The standard InChI is InChI=1S/C27H26N2O7/c1-34-21-15-17(16-22(35-2)24(21)36-3)14-20(28-25(30)19-12-8-5-9-13-19)26(31)29-23(27(32)33)18-10-6-4-7-11-18/h4-16,23H,1-3H3,(H,28,30)(H,29,31)(H,32,33)/b20-14-. The van der Waals surface area contributed by atoms with Crippen LogP contribution in [0.15, 0.2) is 78.5 Å². The molecule has 3 aromatic carbocycles. The van der Waals surface area contributed by atoms with Gasteiger partial charge in [0.2, 0.25) is 5.75 Å². The average molecular weight is 491 g/mol. The smallest absolute Gasteiger partial charge is 0.330 e. The number of hydrogen-bond donors (Lipinski definition) is 3. The molecule has 0 aliphatic carbocycles. The molecule has 0 aliphatic heterocycles. The number of hydrogen-bond acceptors (Lipinski definition) is 6. The summed E-state index contributed by atoms with van der Waals surface area (Å²) in [4.78, 5) is 38.1. The number of carboxylic acid groups (broad SMARTS) is 1. The van der Waals surface area contributed by atoms with E-state index in [1.165, 1.54) is 27.4 Å². The fourth-order valence-electron chi connectivity index (χ4n) is 3.44. The number of nitrogens with one attached hydrogen (secondary N) is 2. The van der Waals surface area contributed by atoms with Gasteiger partial charge in [0.25, 0.3) is 11.8 Å². The molecule has 186 valence electrons. The number of ether oxygens (including phenoxy) is 3. The molecule has 0 radical (unpaired) electrons. The highest BCUT2D eigenvalue weighted by Crippen LogP contribution is 2.38. The highest BCUT2D eigenvalue weighted by molar-refractivity contribution is 6.06. The van der Waals surface area contributed by atoms with Gasteiger partial charge in [-0.3, -0.25) is 9.59 Å². The minimum atomic E-state index is -1.34. The van der Waals surface area contributed by atoms with Crippen molar-refractivity contribution in [3.8, 4) is 17.2 Å². The van der Waals surface area contributed by atoms with Gasteiger partial charge < -0.3 is 30.0 Å². The van der Waals surface area contributed by atoms with E-state index in [0.717, 1.165) is 0 Å². The third kappa shape index (κ3) is 6.20. The second kappa shape index (κ2) is 12.1. The summed E-state index contributed by atoms with van der Waals surface area (Å²) in [7, 11) is 4.37. The lowest BCUT2D eigenvalue weighted by atomic mass is 10.1. The van der Waals surface area contributed by atoms with Gasteiger partial charge in [0, 0.05) is 5.56 Å². The van der Waals surface area contributed by atoms with Crippen LogP contribution in [0, 0.1) is 0 Å². The van der Waals surface area contributed by atoms with Gasteiger partial charge in [-0.05, 0) is 41.5 Å². The van der Waals surface area contributed by atoms with Gasteiger partial charge in [0.05, 0.1) is 21.3 Å². The van der Waals surface area contributed by atoms with Crippen molar-refractivity contribution in [3.63, 3.8) is 0 Å². The molecule has 2 amide bonds. The Labute approximate surface area is 208 Å². The fraction of sp³-hybridized carbons (Fsp3) is 0.148. The summed E-state index contributed by atoms with van der Waals surface area (Å²) in [6.07, 6.45) is 1.39. The molecule has 0 fully saturated rings. The molecule has 0 bridgehead atoms. The van der Waals surface area contributed by atoms with Crippen LogP contribution in [0.4, 0.5) is 0 Å². The Kier molecular flexibility index (Phi) is 8.66. The molecule has 1 unspecified atom stereocenters. The number of carbonyl (C=O) groups excluding carboxylic acids is 2. The summed E-state index contributed by atoms with van der Waals surface area (Å²) in [5.41, 5.74) is 0.953. The van der Waals surface area contributed by atoms with Crippen LogP contribution in [-0.2, 0) is 9.59 Å². The average Bonchev–Trinajstić information content (AvgIpc) is 2.91. The van der Waals surface area contributed by atoms with Crippen molar-refractivity contribution < 1.29 is 33.7 Å². The number of aliphatic carboxylic acids is 1. The predicted octanol–water partition coefficient (Wildman–Crippen LogP) is 3.43. The first kappa shape index (κ1) is 25.8. The maximum Gasteiger partial charge on any atom is 0.330 e. The van der Waals surface area contributed by atoms with Gasteiger partial charge in [-0.25, -0.2) is 4.79 Å². The van der Waals surface area contributed by atoms with Crippen molar-refractivity contribution in [1.29, 1.82) is 0 Å². The summed E-state index contributed by atoms with van der Waals surface area (Å²) >= 11 is 0. The van der Waals surface area contributed by atoms with E-state index in [0.29, 0.717) is 33.9 Å². The maximum absolute atomic E-state index is 13.3. The highest BCUT2D eigenvalue weighted by Gasteiger charge is 2.25. The molecule has 3 N–H and O–H groups in total. The minimum Gasteiger partial charge on any atom is -0.493 e. The summed E-state index contributed by atoms with van der Waals surface area (Å²) < 4.78 is 16.1. The topological polar surface area (TPSA) is 123 Å². The quantitative estimate of drug-likeness (QED) is 0.372. The molecule has 0 saturated heterocycles. The normalized spacial score (nSPS) is 11.7. The van der Waals surface area contributed by atoms with Crippen LogP contribution in [0.25, 0.3) is 6.08 Å². The van der Waals surface area contributed by atoms with E-state index in [4.69, 9.17) is 14.2 Å². The SMILES string of the molecule is COc1cc(/C=C(\NC(=O)c2ccccc2)C(=O)NC(C(=O)O)c2ccccc2)cc(OC)c1OC. The van der Waals surface area contributed by atoms with Gasteiger partial charge in [0.1, 0.15) is 5.70 Å². The van der Waals surface area contributed by atoms with Crippen molar-refractivity contribution in [3.05, 3.63) is 95.2 Å². The van der Waals surface area contributed by atoms with Gasteiger partial charge in [-0.1, -0.05) is 48.5 Å². The Balaban J connectivity index is 2.03. The van der Waals surface area contributed by atoms with Crippen molar-refractivity contribution in [1.82, 2.24) is 10.6 Å². The summed E-state index contributed by atoms with van der Waals surface area (Å²) in [5.74, 6) is -1.57. The number of amides is 2. The molecule has 9 nitrogen and oxygen atoms in total. The molecule has 9 heteroatoms. The Morgan fingerprint density at radius 2 is 1.39 bits per heavy atom. The fourth-order valence-corrected chi connectivity index (χ4v) is 3.44. The third-order valence-corrected chi connectivity index (χ3v) is 5.18. The van der Waals surface area contributed by atoms with E-state index in [1.54, 1.807) is 72.8 Å². The van der Waals surface area contributed by atoms with Crippen molar-refractivity contribution in [2.75, 3.05) is 21.3 Å². The second-order valence-electron chi connectivity index (χ2n) is 7.49. The lowest BCUT2D eigenvalue weighted by molar-refractivity contribution is -0.141. The molecule has 0 aliphatic rings. The van der Waals surface area contributed by atoms with E-state index in [9.17, 15) is 19.5 Å². The van der Waals surface area contributed by atoms with Gasteiger partial charge in [-0.15, -0.1) is 0 Å². The van der Waals surface area contributed by atoms with E-state index in [2.05, 4.69) is 10.6 Å². The van der Waals surface area contributed by atoms with E-state index in [1.807, 2.05) is 0 Å². The van der Waals surface area contributed by atoms with Crippen molar-refractivity contribution in [2.45, 2.75) is 6.04 Å². The van der Waals surface area contributed by atoms with Crippen molar-refractivity contribution >= 4 is 23.9 Å². The third-order valence-electron chi connectivity index (χ3n) is 5.18. The molecule has 0 heterocycles. The highest BCUT2D eigenvalue weighted by atomic mass is 16.5. The van der Waals surface area contributed by atoms with E-state index in [-0.39, 0.29) is 5.70 Å². The minimum absolute atomic E-state index is 0.180. The molecule has 3 rings (SSSR count). The van der Waals surface area contributed by atoms with Gasteiger partial charge in [0.15, 0.2) is 17.5 Å².